The molecule has 0 spiro atoms. The Kier molecular flexibility index (Phi) is 5.86. The number of likely N-dealkylation sites (N-methyl/N-ethyl adjacent to an activating group) is 1. The molecule has 19 heavy (non-hydrogen) atoms. The first-order valence-electron chi connectivity index (χ1n) is 5.96. The number of halogens is 1. The first kappa shape index (κ1) is 16.0. The van der Waals surface area contributed by atoms with Gasteiger partial charge in [-0.2, -0.15) is 4.31 Å². The summed E-state index contributed by atoms with van der Waals surface area (Å²) < 4.78 is 44.1. The Morgan fingerprint density at radius 3 is 2.68 bits per heavy atom. The summed E-state index contributed by atoms with van der Waals surface area (Å²) in [5.41, 5.74) is 5.88. The maximum Gasteiger partial charge on any atom is 0.243 e. The molecule has 0 aromatic heterocycles. The van der Waals surface area contributed by atoms with E-state index in [1.165, 1.54) is 19.2 Å². The Bertz CT molecular complexity index is 520. The summed E-state index contributed by atoms with van der Waals surface area (Å²) >= 11 is 0. The summed E-state index contributed by atoms with van der Waals surface area (Å²) in [5, 5.41) is 0. The van der Waals surface area contributed by atoms with Crippen LogP contribution in [0.1, 0.15) is 12.5 Å². The molecule has 0 amide bonds. The number of hydrogen-bond acceptors (Lipinski definition) is 4. The van der Waals surface area contributed by atoms with Crippen molar-refractivity contribution in [2.75, 3.05) is 26.8 Å². The second kappa shape index (κ2) is 6.95. The van der Waals surface area contributed by atoms with E-state index in [0.717, 1.165) is 10.4 Å². The molecule has 0 fully saturated rings. The minimum atomic E-state index is -3.75. The van der Waals surface area contributed by atoms with Crippen LogP contribution in [-0.2, 0) is 21.3 Å². The first-order chi connectivity index (χ1) is 8.93. The van der Waals surface area contributed by atoms with Crippen LogP contribution in [0.4, 0.5) is 4.39 Å². The van der Waals surface area contributed by atoms with Crippen LogP contribution in [0.2, 0.25) is 0 Å². The van der Waals surface area contributed by atoms with Crippen molar-refractivity contribution in [2.24, 2.45) is 5.73 Å². The van der Waals surface area contributed by atoms with Gasteiger partial charge in [0.25, 0.3) is 0 Å². The summed E-state index contributed by atoms with van der Waals surface area (Å²) in [4.78, 5) is -0.0889. The highest BCUT2D eigenvalue weighted by molar-refractivity contribution is 7.89. The molecule has 0 aliphatic carbocycles. The third-order valence-corrected chi connectivity index (χ3v) is 4.63. The van der Waals surface area contributed by atoms with Gasteiger partial charge in [-0.1, -0.05) is 6.07 Å². The average molecular weight is 290 g/mol. The third kappa shape index (κ3) is 3.97. The van der Waals surface area contributed by atoms with E-state index < -0.39 is 15.8 Å². The van der Waals surface area contributed by atoms with Crippen LogP contribution in [0.15, 0.2) is 23.1 Å². The van der Waals surface area contributed by atoms with E-state index in [2.05, 4.69) is 0 Å². The molecule has 0 aliphatic rings. The highest BCUT2D eigenvalue weighted by Gasteiger charge is 2.23. The number of nitrogens with two attached hydrogens (primary N) is 1. The molecule has 0 saturated carbocycles. The molecule has 0 unspecified atom stereocenters. The highest BCUT2D eigenvalue weighted by atomic mass is 32.2. The molecule has 1 aromatic carbocycles. The summed E-state index contributed by atoms with van der Waals surface area (Å²) in [6.07, 6.45) is 0. The van der Waals surface area contributed by atoms with Crippen molar-refractivity contribution < 1.29 is 17.5 Å². The van der Waals surface area contributed by atoms with Gasteiger partial charge in [-0.3, -0.25) is 0 Å². The zero-order valence-electron chi connectivity index (χ0n) is 11.1. The first-order valence-corrected chi connectivity index (χ1v) is 7.40. The SMILES string of the molecule is CCOCCN(C)S(=O)(=O)c1cc(F)ccc1CN. The van der Waals surface area contributed by atoms with Gasteiger partial charge in [0.05, 0.1) is 11.5 Å². The second-order valence-electron chi connectivity index (χ2n) is 3.98. The molecule has 1 aromatic rings. The minimum Gasteiger partial charge on any atom is -0.380 e. The van der Waals surface area contributed by atoms with Crippen molar-refractivity contribution in [1.29, 1.82) is 0 Å². The average Bonchev–Trinajstić information content (AvgIpc) is 2.38. The number of ether oxygens (including phenoxy) is 1. The van der Waals surface area contributed by atoms with Crippen molar-refractivity contribution in [3.8, 4) is 0 Å². The smallest absolute Gasteiger partial charge is 0.243 e. The van der Waals surface area contributed by atoms with Gasteiger partial charge in [-0.25, -0.2) is 12.8 Å². The molecular formula is C12H19FN2O3S. The number of rotatable bonds is 7. The number of nitrogens with zero attached hydrogens (tertiary/aromatic N) is 1. The summed E-state index contributed by atoms with van der Waals surface area (Å²) in [7, 11) is -2.32. The number of hydrogen-bond donors (Lipinski definition) is 1. The van der Waals surface area contributed by atoms with Gasteiger partial charge in [0.2, 0.25) is 10.0 Å². The second-order valence-corrected chi connectivity index (χ2v) is 5.99. The van der Waals surface area contributed by atoms with Crippen molar-refractivity contribution in [3.63, 3.8) is 0 Å². The standard InChI is InChI=1S/C12H19FN2O3S/c1-3-18-7-6-15(2)19(16,17)12-8-11(13)5-4-10(12)9-14/h4-5,8H,3,6-7,9,14H2,1-2H3. The van der Waals surface area contributed by atoms with E-state index in [4.69, 9.17) is 10.5 Å². The normalized spacial score (nSPS) is 12.1. The van der Waals surface area contributed by atoms with Gasteiger partial charge in [-0.15, -0.1) is 0 Å². The zero-order chi connectivity index (χ0) is 14.5. The molecule has 0 radical (unpaired) electrons. The van der Waals surface area contributed by atoms with Crippen molar-refractivity contribution in [2.45, 2.75) is 18.4 Å². The van der Waals surface area contributed by atoms with Gasteiger partial charge in [-0.05, 0) is 24.6 Å². The van der Waals surface area contributed by atoms with Gasteiger partial charge in [0, 0.05) is 26.7 Å². The summed E-state index contributed by atoms with van der Waals surface area (Å²) in [6.45, 7) is 2.87. The van der Waals surface area contributed by atoms with Gasteiger partial charge >= 0.3 is 0 Å². The molecule has 0 saturated heterocycles. The molecule has 2 N–H and O–H groups in total. The number of benzene rings is 1. The summed E-state index contributed by atoms with van der Waals surface area (Å²) in [5.74, 6) is -0.603. The predicted molar refractivity (Wildman–Crippen MR) is 70.6 cm³/mol. The Morgan fingerprint density at radius 2 is 2.11 bits per heavy atom. The quantitative estimate of drug-likeness (QED) is 0.759. The van der Waals surface area contributed by atoms with E-state index in [1.807, 2.05) is 6.92 Å². The monoisotopic (exact) mass is 290 g/mol. The third-order valence-electron chi connectivity index (χ3n) is 2.69. The highest BCUT2D eigenvalue weighted by Crippen LogP contribution is 2.20. The van der Waals surface area contributed by atoms with Crippen molar-refractivity contribution >= 4 is 10.0 Å². The summed E-state index contributed by atoms with van der Waals surface area (Å²) in [6, 6.07) is 3.58. The van der Waals surface area contributed by atoms with Crippen LogP contribution in [0.3, 0.4) is 0 Å². The molecule has 0 bridgehead atoms. The lowest BCUT2D eigenvalue weighted by Crippen LogP contribution is -2.31. The van der Waals surface area contributed by atoms with E-state index in [1.54, 1.807) is 0 Å². The van der Waals surface area contributed by atoms with Crippen LogP contribution in [-0.4, -0.2) is 39.5 Å². The topological polar surface area (TPSA) is 72.6 Å². The molecule has 0 heterocycles. The Hall–Kier alpha value is -1.02. The molecule has 7 heteroatoms. The maximum absolute atomic E-state index is 13.2. The maximum atomic E-state index is 13.2. The Balaban J connectivity index is 3.02. The van der Waals surface area contributed by atoms with Crippen molar-refractivity contribution in [3.05, 3.63) is 29.6 Å². The van der Waals surface area contributed by atoms with E-state index in [-0.39, 0.29) is 18.0 Å². The lowest BCUT2D eigenvalue weighted by Gasteiger charge is -2.19. The predicted octanol–water partition coefficient (Wildman–Crippen LogP) is 0.941. The lowest BCUT2D eigenvalue weighted by molar-refractivity contribution is 0.138. The molecular weight excluding hydrogens is 271 g/mol. The fourth-order valence-electron chi connectivity index (χ4n) is 1.56. The van der Waals surface area contributed by atoms with Crippen LogP contribution in [0, 0.1) is 5.82 Å². The number of sulfonamides is 1. The zero-order valence-corrected chi connectivity index (χ0v) is 11.9. The van der Waals surface area contributed by atoms with E-state index in [9.17, 15) is 12.8 Å². The molecule has 0 aliphatic heterocycles. The fraction of sp³-hybridized carbons (Fsp3) is 0.500. The van der Waals surface area contributed by atoms with E-state index in [0.29, 0.717) is 18.8 Å². The van der Waals surface area contributed by atoms with Crippen LogP contribution >= 0.6 is 0 Å². The van der Waals surface area contributed by atoms with Crippen molar-refractivity contribution in [1.82, 2.24) is 4.31 Å². The van der Waals surface area contributed by atoms with Gasteiger partial charge in [0.1, 0.15) is 5.82 Å². The lowest BCUT2D eigenvalue weighted by atomic mass is 10.2. The molecule has 5 nitrogen and oxygen atoms in total. The van der Waals surface area contributed by atoms with E-state index >= 15 is 0 Å². The van der Waals surface area contributed by atoms with Crippen LogP contribution < -0.4 is 5.73 Å². The minimum absolute atomic E-state index is 0.0359. The Morgan fingerprint density at radius 1 is 1.42 bits per heavy atom. The molecule has 1 rings (SSSR count). The molecule has 108 valence electrons. The van der Waals surface area contributed by atoms with Gasteiger partial charge in [0.15, 0.2) is 0 Å². The van der Waals surface area contributed by atoms with Crippen LogP contribution in [0.5, 0.6) is 0 Å². The molecule has 0 atom stereocenters. The van der Waals surface area contributed by atoms with Gasteiger partial charge < -0.3 is 10.5 Å². The Labute approximate surface area is 113 Å². The largest absolute Gasteiger partial charge is 0.380 e. The van der Waals surface area contributed by atoms with Crippen LogP contribution in [0.25, 0.3) is 0 Å². The fourth-order valence-corrected chi connectivity index (χ4v) is 2.96.